The summed E-state index contributed by atoms with van der Waals surface area (Å²) in [4.78, 5) is 19.7. The molecule has 2 unspecified atom stereocenters. The molecule has 0 saturated carbocycles. The molecule has 138 valence electrons. The van der Waals surface area contributed by atoms with Crippen LogP contribution >= 0.6 is 11.3 Å². The second-order valence-corrected chi connectivity index (χ2v) is 8.35. The number of carbonyl (C=O) groups is 1. The maximum Gasteiger partial charge on any atom is 0.226 e. The highest BCUT2D eigenvalue weighted by molar-refractivity contribution is 7.13. The van der Waals surface area contributed by atoms with Gasteiger partial charge in [-0.2, -0.15) is 0 Å². The lowest BCUT2D eigenvalue weighted by Crippen LogP contribution is -2.51. The Bertz CT molecular complexity index is 728. The fraction of sp³-hybridized carbons (Fsp3) is 0.524. The average Bonchev–Trinajstić information content (AvgIpc) is 3.15. The number of fused-ring (bicyclic) bond motifs is 1. The van der Waals surface area contributed by atoms with Crippen LogP contribution in [0.5, 0.6) is 0 Å². The number of hydrogen-bond donors (Lipinski definition) is 1. The Morgan fingerprint density at radius 2 is 2.00 bits per heavy atom. The number of amides is 1. The number of thiazole rings is 1. The normalized spacial score (nSPS) is 23.4. The van der Waals surface area contributed by atoms with Crippen molar-refractivity contribution in [3.63, 3.8) is 0 Å². The minimum absolute atomic E-state index is 0.0999. The van der Waals surface area contributed by atoms with Crippen LogP contribution < -0.4 is 5.32 Å². The third-order valence-electron chi connectivity index (χ3n) is 5.70. The van der Waals surface area contributed by atoms with E-state index in [0.717, 1.165) is 22.8 Å². The summed E-state index contributed by atoms with van der Waals surface area (Å²) in [5.41, 5.74) is 1.98. The molecule has 4 nitrogen and oxygen atoms in total. The van der Waals surface area contributed by atoms with Crippen LogP contribution in [0.1, 0.15) is 37.8 Å². The molecule has 2 aliphatic heterocycles. The first-order valence-corrected chi connectivity index (χ1v) is 10.7. The van der Waals surface area contributed by atoms with Gasteiger partial charge >= 0.3 is 0 Å². The number of nitrogens with one attached hydrogen (secondary N) is 1. The van der Waals surface area contributed by atoms with E-state index in [4.69, 9.17) is 0 Å². The van der Waals surface area contributed by atoms with Crippen molar-refractivity contribution in [1.82, 2.24) is 15.2 Å². The third kappa shape index (κ3) is 4.15. The van der Waals surface area contributed by atoms with Gasteiger partial charge < -0.3 is 10.2 Å². The molecule has 2 aromatic rings. The number of benzene rings is 1. The molecule has 4 rings (SSSR count). The lowest BCUT2D eigenvalue weighted by molar-refractivity contribution is -0.120. The van der Waals surface area contributed by atoms with Gasteiger partial charge in [0.1, 0.15) is 5.01 Å². The molecule has 2 saturated heterocycles. The Kier molecular flexibility index (Phi) is 5.65. The summed E-state index contributed by atoms with van der Waals surface area (Å²) >= 11 is 1.61. The highest BCUT2D eigenvalue weighted by Gasteiger charge is 2.32. The molecule has 1 aromatic carbocycles. The summed E-state index contributed by atoms with van der Waals surface area (Å²) in [6, 6.07) is 10.8. The number of rotatable bonds is 5. The molecule has 2 aliphatic rings. The number of piperidine rings is 2. The van der Waals surface area contributed by atoms with Gasteiger partial charge in [0.2, 0.25) is 5.91 Å². The molecule has 2 fully saturated rings. The summed E-state index contributed by atoms with van der Waals surface area (Å²) in [7, 11) is 0. The van der Waals surface area contributed by atoms with Crippen LogP contribution in [0.2, 0.25) is 0 Å². The Hall–Kier alpha value is -1.72. The van der Waals surface area contributed by atoms with E-state index in [9.17, 15) is 4.79 Å². The van der Waals surface area contributed by atoms with Gasteiger partial charge in [0, 0.05) is 23.5 Å². The number of carbonyl (C=O) groups excluding carboxylic acids is 1. The smallest absolute Gasteiger partial charge is 0.226 e. The summed E-state index contributed by atoms with van der Waals surface area (Å²) < 4.78 is 0. The molecular formula is C21H27N3OS. The van der Waals surface area contributed by atoms with Gasteiger partial charge in [-0.1, -0.05) is 36.8 Å². The zero-order chi connectivity index (χ0) is 17.8. The minimum atomic E-state index is 0.0999. The molecule has 0 spiro atoms. The first kappa shape index (κ1) is 17.7. The van der Waals surface area contributed by atoms with Crippen molar-refractivity contribution in [3.05, 3.63) is 41.4 Å². The zero-order valence-corrected chi connectivity index (χ0v) is 16.0. The van der Waals surface area contributed by atoms with Crippen LogP contribution in [0.25, 0.3) is 10.6 Å². The largest absolute Gasteiger partial charge is 0.355 e. The first-order chi connectivity index (χ1) is 12.8. The van der Waals surface area contributed by atoms with Crippen molar-refractivity contribution >= 4 is 17.2 Å². The maximum atomic E-state index is 12.4. The summed E-state index contributed by atoms with van der Waals surface area (Å²) in [5, 5.41) is 6.17. The van der Waals surface area contributed by atoms with Crippen LogP contribution in [0.15, 0.2) is 35.7 Å². The van der Waals surface area contributed by atoms with Gasteiger partial charge in [0.15, 0.2) is 0 Å². The van der Waals surface area contributed by atoms with Crippen LogP contribution in [0, 0.1) is 5.92 Å². The predicted molar refractivity (Wildman–Crippen MR) is 106 cm³/mol. The monoisotopic (exact) mass is 369 g/mol. The molecule has 1 N–H and O–H groups in total. The van der Waals surface area contributed by atoms with Crippen molar-refractivity contribution in [2.75, 3.05) is 19.6 Å². The lowest BCUT2D eigenvalue weighted by atomic mass is 9.83. The first-order valence-electron chi connectivity index (χ1n) is 9.80. The second-order valence-electron chi connectivity index (χ2n) is 7.49. The number of aromatic nitrogens is 1. The summed E-state index contributed by atoms with van der Waals surface area (Å²) in [5.74, 6) is 0.714. The molecule has 1 aromatic heterocycles. The molecule has 3 heterocycles. The minimum Gasteiger partial charge on any atom is -0.355 e. The quantitative estimate of drug-likeness (QED) is 0.873. The van der Waals surface area contributed by atoms with Gasteiger partial charge in [-0.25, -0.2) is 4.98 Å². The van der Waals surface area contributed by atoms with Gasteiger partial charge in [0.25, 0.3) is 0 Å². The molecule has 0 radical (unpaired) electrons. The van der Waals surface area contributed by atoms with E-state index < -0.39 is 0 Å². The fourth-order valence-corrected chi connectivity index (χ4v) is 5.21. The molecular weight excluding hydrogens is 342 g/mol. The molecule has 0 bridgehead atoms. The molecule has 5 heteroatoms. The van der Waals surface area contributed by atoms with E-state index in [1.807, 2.05) is 23.6 Å². The fourth-order valence-electron chi connectivity index (χ4n) is 4.39. The van der Waals surface area contributed by atoms with Crippen molar-refractivity contribution in [2.24, 2.45) is 5.92 Å². The van der Waals surface area contributed by atoms with E-state index in [-0.39, 0.29) is 5.91 Å². The van der Waals surface area contributed by atoms with Crippen LogP contribution in [0.3, 0.4) is 0 Å². The molecule has 26 heavy (non-hydrogen) atoms. The SMILES string of the molecule is O=C(Cc1csc(-c2ccccc2)n1)NCC1CCCN2CCCCC12. The predicted octanol–water partition coefficient (Wildman–Crippen LogP) is 3.73. The topological polar surface area (TPSA) is 45.2 Å². The zero-order valence-electron chi connectivity index (χ0n) is 15.2. The van der Waals surface area contributed by atoms with E-state index in [1.165, 1.54) is 45.2 Å². The van der Waals surface area contributed by atoms with Crippen LogP contribution in [-0.4, -0.2) is 41.5 Å². The molecule has 0 aliphatic carbocycles. The highest BCUT2D eigenvalue weighted by atomic mass is 32.1. The summed E-state index contributed by atoms with van der Waals surface area (Å²) in [6.07, 6.45) is 6.87. The van der Waals surface area contributed by atoms with Gasteiger partial charge in [-0.05, 0) is 44.7 Å². The van der Waals surface area contributed by atoms with E-state index >= 15 is 0 Å². The Balaban J connectivity index is 1.30. The summed E-state index contributed by atoms with van der Waals surface area (Å²) in [6.45, 7) is 3.31. The second kappa shape index (κ2) is 8.31. The highest BCUT2D eigenvalue weighted by Crippen LogP contribution is 2.30. The Labute approximate surface area is 159 Å². The van der Waals surface area contributed by atoms with Gasteiger partial charge in [0.05, 0.1) is 12.1 Å². The van der Waals surface area contributed by atoms with Crippen LogP contribution in [-0.2, 0) is 11.2 Å². The van der Waals surface area contributed by atoms with Crippen LogP contribution in [0.4, 0.5) is 0 Å². The Morgan fingerprint density at radius 1 is 1.15 bits per heavy atom. The molecule has 1 amide bonds. The van der Waals surface area contributed by atoms with E-state index in [2.05, 4.69) is 27.3 Å². The van der Waals surface area contributed by atoms with Crippen molar-refractivity contribution in [3.8, 4) is 10.6 Å². The van der Waals surface area contributed by atoms with Crippen molar-refractivity contribution < 1.29 is 4.79 Å². The standard InChI is InChI=1S/C21H27N3OS/c25-20(13-18-15-26-21(23-18)16-7-2-1-3-8-16)22-14-17-9-6-12-24-11-5-4-10-19(17)24/h1-3,7-8,15,17,19H,4-6,9-14H2,(H,22,25). The third-order valence-corrected chi connectivity index (χ3v) is 6.64. The van der Waals surface area contributed by atoms with Crippen molar-refractivity contribution in [2.45, 2.75) is 44.6 Å². The lowest BCUT2D eigenvalue weighted by Gasteiger charge is -2.44. The number of hydrogen-bond acceptors (Lipinski definition) is 4. The van der Waals surface area contributed by atoms with E-state index in [1.54, 1.807) is 11.3 Å². The average molecular weight is 370 g/mol. The van der Waals surface area contributed by atoms with Crippen molar-refractivity contribution in [1.29, 1.82) is 0 Å². The number of nitrogens with zero attached hydrogens (tertiary/aromatic N) is 2. The molecule has 2 atom stereocenters. The Morgan fingerprint density at radius 3 is 2.88 bits per heavy atom. The van der Waals surface area contributed by atoms with Gasteiger partial charge in [-0.15, -0.1) is 11.3 Å². The van der Waals surface area contributed by atoms with E-state index in [0.29, 0.717) is 18.4 Å². The van der Waals surface area contributed by atoms with Gasteiger partial charge in [-0.3, -0.25) is 4.79 Å². The maximum absolute atomic E-state index is 12.4.